The van der Waals surface area contributed by atoms with Crippen molar-refractivity contribution in [3.63, 3.8) is 0 Å². The van der Waals surface area contributed by atoms with E-state index in [4.69, 9.17) is 18.9 Å². The molecule has 0 aromatic heterocycles. The van der Waals surface area contributed by atoms with Crippen LogP contribution in [-0.4, -0.2) is 44.3 Å². The van der Waals surface area contributed by atoms with Crippen molar-refractivity contribution in [2.45, 2.75) is 51.5 Å². The Morgan fingerprint density at radius 3 is 2.56 bits per heavy atom. The van der Waals surface area contributed by atoms with Gasteiger partial charge in [-0.05, 0) is 20.8 Å². The Morgan fingerprint density at radius 2 is 2.12 bits per heavy atom. The molecule has 0 spiro atoms. The van der Waals surface area contributed by atoms with E-state index in [0.717, 1.165) is 6.29 Å². The molecule has 16 heavy (non-hydrogen) atoms. The van der Waals surface area contributed by atoms with Crippen LogP contribution in [0.5, 0.6) is 0 Å². The minimum absolute atomic E-state index is 0.152. The van der Waals surface area contributed by atoms with Gasteiger partial charge >= 0.3 is 0 Å². The molecular formula is C11H20O5. The molecule has 1 rings (SSSR count). The zero-order chi connectivity index (χ0) is 12.2. The van der Waals surface area contributed by atoms with Gasteiger partial charge in [0.05, 0.1) is 12.7 Å². The predicted molar refractivity (Wildman–Crippen MR) is 56.9 cm³/mol. The highest BCUT2D eigenvalue weighted by Gasteiger charge is 2.40. The summed E-state index contributed by atoms with van der Waals surface area (Å²) in [6, 6.07) is 0. The molecule has 0 bridgehead atoms. The van der Waals surface area contributed by atoms with Crippen LogP contribution in [0.3, 0.4) is 0 Å². The second-order valence-corrected chi connectivity index (χ2v) is 4.32. The van der Waals surface area contributed by atoms with Crippen LogP contribution < -0.4 is 0 Å². The van der Waals surface area contributed by atoms with Gasteiger partial charge in [0.1, 0.15) is 12.4 Å². The first-order chi connectivity index (χ1) is 7.48. The quantitative estimate of drug-likeness (QED) is 0.642. The summed E-state index contributed by atoms with van der Waals surface area (Å²) < 4.78 is 21.7. The number of hydrogen-bond donors (Lipinski definition) is 0. The number of rotatable bonds is 6. The van der Waals surface area contributed by atoms with Gasteiger partial charge in [0, 0.05) is 13.5 Å². The van der Waals surface area contributed by atoms with E-state index < -0.39 is 12.1 Å². The Balaban J connectivity index is 2.48. The summed E-state index contributed by atoms with van der Waals surface area (Å²) in [5, 5.41) is 0. The van der Waals surface area contributed by atoms with Crippen LogP contribution in [0.25, 0.3) is 0 Å². The van der Waals surface area contributed by atoms with Gasteiger partial charge in [0.2, 0.25) is 0 Å². The van der Waals surface area contributed by atoms with Crippen molar-refractivity contribution in [1.82, 2.24) is 0 Å². The fourth-order valence-corrected chi connectivity index (χ4v) is 1.69. The largest absolute Gasteiger partial charge is 0.382 e. The molecule has 1 aliphatic rings. The van der Waals surface area contributed by atoms with E-state index in [1.54, 1.807) is 7.11 Å². The van der Waals surface area contributed by atoms with E-state index in [9.17, 15) is 4.79 Å². The first-order valence-electron chi connectivity index (χ1n) is 5.42. The van der Waals surface area contributed by atoms with E-state index >= 15 is 0 Å². The lowest BCUT2D eigenvalue weighted by Gasteiger charge is -2.21. The molecule has 1 heterocycles. The Morgan fingerprint density at radius 1 is 1.44 bits per heavy atom. The van der Waals surface area contributed by atoms with Crippen LogP contribution in [0.2, 0.25) is 0 Å². The Kier molecular flexibility index (Phi) is 4.86. The number of carbonyl (C=O) groups excluding carboxylic acids is 1. The van der Waals surface area contributed by atoms with Gasteiger partial charge in [-0.3, -0.25) is 0 Å². The van der Waals surface area contributed by atoms with Crippen molar-refractivity contribution in [3.05, 3.63) is 0 Å². The molecule has 0 aliphatic carbocycles. The summed E-state index contributed by atoms with van der Waals surface area (Å²) in [6.07, 6.45) is 0.222. The highest BCUT2D eigenvalue weighted by molar-refractivity contribution is 5.50. The lowest BCUT2D eigenvalue weighted by Crippen LogP contribution is -2.32. The molecule has 1 saturated heterocycles. The van der Waals surface area contributed by atoms with Crippen molar-refractivity contribution >= 4 is 6.29 Å². The van der Waals surface area contributed by atoms with Crippen LogP contribution in [0, 0.1) is 0 Å². The molecule has 94 valence electrons. The summed E-state index contributed by atoms with van der Waals surface area (Å²) in [4.78, 5) is 10.5. The fraction of sp³-hybridized carbons (Fsp3) is 0.909. The maximum Gasteiger partial charge on any atom is 0.187 e. The summed E-state index contributed by atoms with van der Waals surface area (Å²) in [5.41, 5.74) is 0. The number of ether oxygens (including phenoxy) is 4. The molecule has 0 aromatic carbocycles. The Bertz CT molecular complexity index is 228. The monoisotopic (exact) mass is 232 g/mol. The zero-order valence-corrected chi connectivity index (χ0v) is 10.3. The van der Waals surface area contributed by atoms with Gasteiger partial charge in [0.15, 0.2) is 12.1 Å². The lowest BCUT2D eigenvalue weighted by atomic mass is 10.3. The predicted octanol–water partition coefficient (Wildman–Crippen LogP) is 1.10. The first-order valence-corrected chi connectivity index (χ1v) is 5.42. The van der Waals surface area contributed by atoms with E-state index in [2.05, 4.69) is 0 Å². The third-order valence-corrected chi connectivity index (χ3v) is 2.29. The second-order valence-electron chi connectivity index (χ2n) is 4.32. The third kappa shape index (κ3) is 3.83. The Labute approximate surface area is 96.0 Å². The standard InChI is InChI=1S/C11H20O5/c1-8-10(16-11(2,3)15-8)14-9(5-6-12)7-13-4/h6,8-10H,5,7H2,1-4H3/t8-,9-,10-/m1/s1. The van der Waals surface area contributed by atoms with E-state index in [1.165, 1.54) is 0 Å². The summed E-state index contributed by atoms with van der Waals surface area (Å²) in [5.74, 6) is -0.636. The molecule has 0 unspecified atom stereocenters. The van der Waals surface area contributed by atoms with Crippen LogP contribution in [0.4, 0.5) is 0 Å². The van der Waals surface area contributed by atoms with Gasteiger partial charge in [-0.2, -0.15) is 0 Å². The van der Waals surface area contributed by atoms with Crippen molar-refractivity contribution in [2.75, 3.05) is 13.7 Å². The molecule has 0 radical (unpaired) electrons. The average molecular weight is 232 g/mol. The number of methoxy groups -OCH3 is 1. The number of hydrogen-bond acceptors (Lipinski definition) is 5. The summed E-state index contributed by atoms with van der Waals surface area (Å²) >= 11 is 0. The minimum Gasteiger partial charge on any atom is -0.382 e. The normalized spacial score (nSPS) is 30.2. The molecule has 0 aromatic rings. The van der Waals surface area contributed by atoms with Crippen molar-refractivity contribution < 1.29 is 23.7 Å². The smallest absolute Gasteiger partial charge is 0.187 e. The van der Waals surface area contributed by atoms with Crippen LogP contribution >= 0.6 is 0 Å². The highest BCUT2D eigenvalue weighted by Crippen LogP contribution is 2.29. The van der Waals surface area contributed by atoms with E-state index in [-0.39, 0.29) is 12.2 Å². The van der Waals surface area contributed by atoms with Gasteiger partial charge in [-0.15, -0.1) is 0 Å². The third-order valence-electron chi connectivity index (χ3n) is 2.29. The molecule has 3 atom stereocenters. The maximum atomic E-state index is 10.5. The number of carbonyl (C=O) groups is 1. The molecule has 0 amide bonds. The minimum atomic E-state index is -0.636. The maximum absolute atomic E-state index is 10.5. The van der Waals surface area contributed by atoms with Gasteiger partial charge in [-0.1, -0.05) is 0 Å². The SMILES string of the molecule is COC[C@@H](CC=O)O[C@@H]1OC(C)(C)O[C@@H]1C. The van der Waals surface area contributed by atoms with E-state index in [1.807, 2.05) is 20.8 Å². The zero-order valence-electron chi connectivity index (χ0n) is 10.3. The molecule has 5 heteroatoms. The molecule has 0 N–H and O–H groups in total. The van der Waals surface area contributed by atoms with Crippen LogP contribution in [0.1, 0.15) is 27.2 Å². The van der Waals surface area contributed by atoms with Crippen LogP contribution in [0.15, 0.2) is 0 Å². The molecule has 0 saturated carbocycles. The van der Waals surface area contributed by atoms with E-state index in [0.29, 0.717) is 13.0 Å². The summed E-state index contributed by atoms with van der Waals surface area (Å²) in [7, 11) is 1.57. The molecular weight excluding hydrogens is 212 g/mol. The van der Waals surface area contributed by atoms with Crippen molar-refractivity contribution in [1.29, 1.82) is 0 Å². The van der Waals surface area contributed by atoms with Crippen molar-refractivity contribution in [2.24, 2.45) is 0 Å². The Hall–Kier alpha value is -0.490. The van der Waals surface area contributed by atoms with Crippen LogP contribution in [-0.2, 0) is 23.7 Å². The van der Waals surface area contributed by atoms with Gasteiger partial charge in [0.25, 0.3) is 0 Å². The fourth-order valence-electron chi connectivity index (χ4n) is 1.69. The number of aldehydes is 1. The average Bonchev–Trinajstić information content (AvgIpc) is 2.40. The topological polar surface area (TPSA) is 54.0 Å². The first kappa shape index (κ1) is 13.6. The highest BCUT2D eigenvalue weighted by atomic mass is 16.8. The summed E-state index contributed by atoms with van der Waals surface area (Å²) in [6.45, 7) is 5.91. The van der Waals surface area contributed by atoms with Crippen molar-refractivity contribution in [3.8, 4) is 0 Å². The van der Waals surface area contributed by atoms with Gasteiger partial charge < -0.3 is 23.7 Å². The lowest BCUT2D eigenvalue weighted by molar-refractivity contribution is -0.209. The molecule has 1 aliphatic heterocycles. The molecule has 1 fully saturated rings. The van der Waals surface area contributed by atoms with Gasteiger partial charge in [-0.25, -0.2) is 0 Å². The second kappa shape index (κ2) is 5.72. The molecule has 5 nitrogen and oxygen atoms in total.